The molecule has 2 heterocycles. The van der Waals surface area contributed by atoms with Crippen LogP contribution in [0.3, 0.4) is 0 Å². The molecule has 2 aromatic rings. The molecule has 45 heavy (non-hydrogen) atoms. The van der Waals surface area contributed by atoms with Crippen molar-refractivity contribution in [1.82, 2.24) is 9.97 Å². The maximum absolute atomic E-state index is 12.7. The zero-order valence-corrected chi connectivity index (χ0v) is 26.8. The molecular weight excluding hydrogens is 592 g/mol. The number of carbonyl (C=O) groups excluding carboxylic acids is 5. The Morgan fingerprint density at radius 2 is 1.40 bits per heavy atom. The molecule has 0 aliphatic carbocycles. The maximum atomic E-state index is 12.7. The second-order valence-electron chi connectivity index (χ2n) is 10.6. The summed E-state index contributed by atoms with van der Waals surface area (Å²) in [5.74, 6) is -3.22. The van der Waals surface area contributed by atoms with Crippen LogP contribution in [0.25, 0.3) is 0 Å². The topological polar surface area (TPSA) is 184 Å². The Bertz CT molecular complexity index is 1230. The second-order valence-corrected chi connectivity index (χ2v) is 10.6. The van der Waals surface area contributed by atoms with Crippen molar-refractivity contribution in [2.75, 3.05) is 0 Å². The number of hydrogen-bond acceptors (Lipinski definition) is 14. The number of unbranched alkanes of at least 4 members (excludes halogenated alkanes) is 6. The molecule has 0 radical (unpaired) electrons. The Kier molecular flexibility index (Phi) is 15.8. The summed E-state index contributed by atoms with van der Waals surface area (Å²) in [5.41, 5.74) is 0.0757. The van der Waals surface area contributed by atoms with E-state index in [0.717, 1.165) is 39.5 Å². The summed E-state index contributed by atoms with van der Waals surface area (Å²) >= 11 is 0. The molecule has 0 spiro atoms. The first-order valence-corrected chi connectivity index (χ1v) is 15.1. The van der Waals surface area contributed by atoms with Crippen LogP contribution in [0.15, 0.2) is 27.7 Å². The molecular formula is C31H44N2O12. The minimum Gasteiger partial charge on any atom is -0.459 e. The monoisotopic (exact) mass is 636 g/mol. The highest BCUT2D eigenvalue weighted by molar-refractivity contribution is 5.70. The summed E-state index contributed by atoms with van der Waals surface area (Å²) in [6, 6.07) is 0. The van der Waals surface area contributed by atoms with Gasteiger partial charge in [-0.3, -0.25) is 24.0 Å². The van der Waals surface area contributed by atoms with E-state index < -0.39 is 60.4 Å². The van der Waals surface area contributed by atoms with Gasteiger partial charge in [0.05, 0.1) is 6.20 Å². The SMILES string of the molecule is CCCCCCCCCC(=O)OC(c1cnco1)c1nc(C(CC(OC(C)=O)C(OC(C)=O)C(C)OC(C)=O)OC(C)=O)co1. The molecule has 0 aliphatic heterocycles. The van der Waals surface area contributed by atoms with Crippen LogP contribution in [0.1, 0.15) is 129 Å². The normalized spacial score (nSPS) is 14.4. The van der Waals surface area contributed by atoms with Crippen LogP contribution in [0.2, 0.25) is 0 Å². The fourth-order valence-electron chi connectivity index (χ4n) is 4.67. The first-order valence-electron chi connectivity index (χ1n) is 15.1. The molecule has 14 nitrogen and oxygen atoms in total. The van der Waals surface area contributed by atoms with Gasteiger partial charge in [0, 0.05) is 40.5 Å². The largest absolute Gasteiger partial charge is 0.459 e. The molecule has 0 fully saturated rings. The highest BCUT2D eigenvalue weighted by Gasteiger charge is 2.38. The standard InChI is InChI=1S/C31H44N2O12/c1-7-8-9-10-11-12-13-14-28(38)45-30(27-16-32-18-40-27)31-33-24(17-39-31)25(42-21(4)35)15-26(43-22(5)36)29(44-23(6)37)19(2)41-20(3)34/h16-19,25-26,29-30H,7-15H2,1-6H3. The Morgan fingerprint density at radius 1 is 0.778 bits per heavy atom. The summed E-state index contributed by atoms with van der Waals surface area (Å²) in [4.78, 5) is 68.7. The number of esters is 5. The quantitative estimate of drug-likeness (QED) is 0.104. The van der Waals surface area contributed by atoms with Crippen molar-refractivity contribution in [2.45, 2.75) is 130 Å². The van der Waals surface area contributed by atoms with Gasteiger partial charge in [0.25, 0.3) is 0 Å². The molecule has 0 bridgehead atoms. The van der Waals surface area contributed by atoms with Gasteiger partial charge in [-0.15, -0.1) is 0 Å². The van der Waals surface area contributed by atoms with Crippen LogP contribution in [-0.4, -0.2) is 58.1 Å². The van der Waals surface area contributed by atoms with Gasteiger partial charge in [-0.2, -0.15) is 0 Å². The van der Waals surface area contributed by atoms with Crippen molar-refractivity contribution in [3.8, 4) is 0 Å². The van der Waals surface area contributed by atoms with Crippen LogP contribution in [-0.2, 0) is 47.7 Å². The molecule has 14 heteroatoms. The predicted octanol–water partition coefficient (Wildman–Crippen LogP) is 5.25. The third-order valence-corrected chi connectivity index (χ3v) is 6.59. The van der Waals surface area contributed by atoms with E-state index in [2.05, 4.69) is 16.9 Å². The highest BCUT2D eigenvalue weighted by Crippen LogP contribution is 2.32. The number of rotatable bonds is 20. The lowest BCUT2D eigenvalue weighted by Gasteiger charge is -2.31. The number of aromatic nitrogens is 2. The van der Waals surface area contributed by atoms with Crippen LogP contribution < -0.4 is 0 Å². The summed E-state index contributed by atoms with van der Waals surface area (Å²) in [6.45, 7) is 8.25. The Morgan fingerprint density at radius 3 is 1.98 bits per heavy atom. The number of carbonyl (C=O) groups is 5. The van der Waals surface area contributed by atoms with Gasteiger partial charge in [-0.25, -0.2) is 9.97 Å². The number of oxazole rings is 2. The molecule has 5 atom stereocenters. The van der Waals surface area contributed by atoms with Crippen LogP contribution in [0, 0.1) is 0 Å². The molecule has 0 aliphatic rings. The summed E-state index contributed by atoms with van der Waals surface area (Å²) in [5, 5.41) is 0. The zero-order valence-electron chi connectivity index (χ0n) is 26.8. The number of hydrogen-bond donors (Lipinski definition) is 0. The van der Waals surface area contributed by atoms with E-state index in [1.54, 1.807) is 0 Å². The predicted molar refractivity (Wildman–Crippen MR) is 155 cm³/mol. The van der Waals surface area contributed by atoms with Crippen molar-refractivity contribution in [1.29, 1.82) is 0 Å². The van der Waals surface area contributed by atoms with E-state index in [1.165, 1.54) is 52.5 Å². The fourth-order valence-corrected chi connectivity index (χ4v) is 4.67. The summed E-state index contributed by atoms with van der Waals surface area (Å²) in [7, 11) is 0. The van der Waals surface area contributed by atoms with Crippen molar-refractivity contribution in [2.24, 2.45) is 0 Å². The fraction of sp³-hybridized carbons (Fsp3) is 0.645. The highest BCUT2D eigenvalue weighted by atomic mass is 16.6. The summed E-state index contributed by atoms with van der Waals surface area (Å²) in [6.07, 6.45) is 4.98. The van der Waals surface area contributed by atoms with Crippen molar-refractivity contribution >= 4 is 29.8 Å². The van der Waals surface area contributed by atoms with Gasteiger partial charge in [-0.1, -0.05) is 45.4 Å². The molecule has 0 amide bonds. The lowest BCUT2D eigenvalue weighted by atomic mass is 10.0. The first kappa shape index (κ1) is 37.0. The first-order chi connectivity index (χ1) is 21.4. The number of nitrogens with zero attached hydrogens (tertiary/aromatic N) is 2. The lowest BCUT2D eigenvalue weighted by molar-refractivity contribution is -0.185. The third kappa shape index (κ3) is 13.5. The Labute approximate surface area is 262 Å². The van der Waals surface area contributed by atoms with E-state index in [4.69, 9.17) is 32.5 Å². The average molecular weight is 637 g/mol. The van der Waals surface area contributed by atoms with Gasteiger partial charge >= 0.3 is 29.8 Å². The average Bonchev–Trinajstić information content (AvgIpc) is 3.66. The minimum atomic E-state index is -1.26. The van der Waals surface area contributed by atoms with Crippen LogP contribution >= 0.6 is 0 Å². The second kappa shape index (κ2) is 19.2. The van der Waals surface area contributed by atoms with Crippen LogP contribution in [0.4, 0.5) is 0 Å². The molecule has 0 saturated carbocycles. The van der Waals surface area contributed by atoms with E-state index in [-0.39, 0.29) is 30.2 Å². The summed E-state index contributed by atoms with van der Waals surface area (Å²) < 4.78 is 38.2. The molecule has 2 rings (SSSR count). The Balaban J connectivity index is 2.29. The van der Waals surface area contributed by atoms with Gasteiger partial charge in [-0.05, 0) is 13.3 Å². The minimum absolute atomic E-state index is 0.0757. The van der Waals surface area contributed by atoms with Gasteiger partial charge < -0.3 is 32.5 Å². The lowest BCUT2D eigenvalue weighted by Crippen LogP contribution is -2.44. The van der Waals surface area contributed by atoms with Gasteiger partial charge in [0.1, 0.15) is 24.2 Å². The molecule has 0 aromatic carbocycles. The van der Waals surface area contributed by atoms with Gasteiger partial charge in [0.2, 0.25) is 12.0 Å². The third-order valence-electron chi connectivity index (χ3n) is 6.59. The van der Waals surface area contributed by atoms with Crippen LogP contribution in [0.5, 0.6) is 0 Å². The molecule has 0 saturated heterocycles. The van der Waals surface area contributed by atoms with E-state index in [0.29, 0.717) is 6.42 Å². The zero-order chi connectivity index (χ0) is 33.4. The smallest absolute Gasteiger partial charge is 0.307 e. The van der Waals surface area contributed by atoms with E-state index in [9.17, 15) is 24.0 Å². The van der Waals surface area contributed by atoms with Crippen molar-refractivity contribution in [3.63, 3.8) is 0 Å². The maximum Gasteiger partial charge on any atom is 0.307 e. The van der Waals surface area contributed by atoms with Crippen molar-refractivity contribution < 1.29 is 56.5 Å². The van der Waals surface area contributed by atoms with E-state index in [1.807, 2.05) is 0 Å². The van der Waals surface area contributed by atoms with Gasteiger partial charge in [0.15, 0.2) is 24.4 Å². The molecule has 2 aromatic heterocycles. The van der Waals surface area contributed by atoms with E-state index >= 15 is 0 Å². The molecule has 0 N–H and O–H groups in total. The molecule has 250 valence electrons. The van der Waals surface area contributed by atoms with Crippen molar-refractivity contribution in [3.05, 3.63) is 36.2 Å². The Hall–Kier alpha value is -4.23. The number of ether oxygens (including phenoxy) is 5. The molecule has 5 unspecified atom stereocenters.